The van der Waals surface area contributed by atoms with Crippen LogP contribution in [0.1, 0.15) is 11.1 Å². The van der Waals surface area contributed by atoms with Crippen molar-refractivity contribution in [3.05, 3.63) is 58.6 Å². The van der Waals surface area contributed by atoms with E-state index < -0.39 is 0 Å². The Hall–Kier alpha value is -2.13. The molecular weight excluding hydrogens is 270 g/mol. The van der Waals surface area contributed by atoms with E-state index >= 15 is 0 Å². The van der Waals surface area contributed by atoms with Crippen LogP contribution < -0.4 is 5.32 Å². The van der Waals surface area contributed by atoms with Crippen molar-refractivity contribution in [1.82, 2.24) is 0 Å². The van der Waals surface area contributed by atoms with Crippen LogP contribution in [-0.2, 0) is 6.54 Å². The Balaban J connectivity index is 2.15. The average Bonchev–Trinajstić information content (AvgIpc) is 2.49. The van der Waals surface area contributed by atoms with E-state index in [1.165, 1.54) is 0 Å². The third-order valence-electron chi connectivity index (χ3n) is 2.93. The Kier molecular flexibility index (Phi) is 4.91. The molecule has 0 aliphatic heterocycles. The van der Waals surface area contributed by atoms with E-state index in [0.717, 1.165) is 27.5 Å². The van der Waals surface area contributed by atoms with Gasteiger partial charge in [-0.05, 0) is 36.5 Å². The van der Waals surface area contributed by atoms with Crippen molar-refractivity contribution in [1.29, 1.82) is 0 Å². The number of nitrogens with one attached hydrogen (secondary N) is 1. The Labute approximate surface area is 124 Å². The molecule has 4 heteroatoms. The van der Waals surface area contributed by atoms with Gasteiger partial charge in [0.05, 0.1) is 12.2 Å². The number of benzene rings is 2. The molecule has 0 atom stereocenters. The first-order chi connectivity index (χ1) is 9.74. The summed E-state index contributed by atoms with van der Waals surface area (Å²) in [6, 6.07) is 13.5. The molecule has 0 radical (unpaired) electrons. The molecule has 0 aromatic heterocycles. The number of anilines is 1. The minimum Gasteiger partial charge on any atom is -0.388 e. The van der Waals surface area contributed by atoms with Crippen molar-refractivity contribution in [2.75, 3.05) is 12.4 Å². The summed E-state index contributed by atoms with van der Waals surface area (Å²) in [5.74, 6) is 0. The number of rotatable bonds is 5. The van der Waals surface area contributed by atoms with Gasteiger partial charge in [-0.2, -0.15) is 0 Å². The monoisotopic (exact) mass is 285 g/mol. The molecule has 102 valence electrons. The molecule has 0 amide bonds. The van der Waals surface area contributed by atoms with E-state index in [9.17, 15) is 0 Å². The zero-order valence-corrected chi connectivity index (χ0v) is 12.1. The Bertz CT molecular complexity index is 635. The summed E-state index contributed by atoms with van der Waals surface area (Å²) in [6.07, 6.45) is 1.80. The lowest BCUT2D eigenvalue weighted by Crippen LogP contribution is -1.91. The first kappa shape index (κ1) is 14.3. The maximum Gasteiger partial charge on any atom is 0.0710 e. The minimum atomic E-state index is 0.528. The van der Waals surface area contributed by atoms with E-state index in [1.54, 1.807) is 6.21 Å². The van der Waals surface area contributed by atoms with Crippen LogP contribution in [0.25, 0.3) is 0 Å². The van der Waals surface area contributed by atoms with Crippen LogP contribution in [0, 0.1) is 0 Å². The maximum absolute atomic E-state index is 6.16. The summed E-state index contributed by atoms with van der Waals surface area (Å²) >= 11 is 6.16. The molecule has 2 rings (SSSR count). The Morgan fingerprint density at radius 3 is 2.80 bits per heavy atom. The van der Waals surface area contributed by atoms with Crippen LogP contribution >= 0.6 is 11.6 Å². The van der Waals surface area contributed by atoms with Gasteiger partial charge in [-0.3, -0.25) is 9.98 Å². The van der Waals surface area contributed by atoms with Crippen LogP contribution in [0.2, 0.25) is 5.02 Å². The van der Waals surface area contributed by atoms with Crippen molar-refractivity contribution in [3.63, 3.8) is 0 Å². The molecule has 20 heavy (non-hydrogen) atoms. The zero-order chi connectivity index (χ0) is 14.4. The second kappa shape index (κ2) is 6.87. The molecule has 0 aliphatic carbocycles. The SMILES string of the molecule is C=Nc1ccccc1C=NCc1cc(NC)ccc1Cl. The van der Waals surface area contributed by atoms with Crippen molar-refractivity contribution >= 4 is 35.9 Å². The predicted molar refractivity (Wildman–Crippen MR) is 87.9 cm³/mol. The van der Waals surface area contributed by atoms with E-state index in [-0.39, 0.29) is 0 Å². The molecule has 0 unspecified atom stereocenters. The fourth-order valence-electron chi connectivity index (χ4n) is 1.83. The van der Waals surface area contributed by atoms with Gasteiger partial charge >= 0.3 is 0 Å². The van der Waals surface area contributed by atoms with Crippen LogP contribution in [0.5, 0.6) is 0 Å². The minimum absolute atomic E-state index is 0.528. The summed E-state index contributed by atoms with van der Waals surface area (Å²) in [6.45, 7) is 4.08. The van der Waals surface area contributed by atoms with Gasteiger partial charge in [-0.15, -0.1) is 0 Å². The standard InChI is InChI=1S/C16H16ClN3/c1-18-14-7-8-15(17)13(9-14)11-20-10-12-5-3-4-6-16(12)19-2/h3-10,18H,2,11H2,1H3. The highest BCUT2D eigenvalue weighted by molar-refractivity contribution is 6.31. The highest BCUT2D eigenvalue weighted by Gasteiger charge is 2.01. The third-order valence-corrected chi connectivity index (χ3v) is 3.30. The number of para-hydroxylation sites is 1. The second-order valence-corrected chi connectivity index (χ2v) is 4.65. The second-order valence-electron chi connectivity index (χ2n) is 4.24. The van der Waals surface area contributed by atoms with E-state index in [2.05, 4.69) is 22.0 Å². The van der Waals surface area contributed by atoms with Crippen molar-refractivity contribution in [3.8, 4) is 0 Å². The van der Waals surface area contributed by atoms with Crippen molar-refractivity contribution in [2.24, 2.45) is 9.98 Å². The fraction of sp³-hybridized carbons (Fsp3) is 0.125. The smallest absolute Gasteiger partial charge is 0.0710 e. The summed E-state index contributed by atoms with van der Waals surface area (Å²) in [5.41, 5.74) is 3.78. The van der Waals surface area contributed by atoms with Gasteiger partial charge in [-0.1, -0.05) is 29.8 Å². The van der Waals surface area contributed by atoms with Crippen molar-refractivity contribution < 1.29 is 0 Å². The van der Waals surface area contributed by atoms with Crippen LogP contribution in [-0.4, -0.2) is 20.0 Å². The summed E-state index contributed by atoms with van der Waals surface area (Å²) in [7, 11) is 1.88. The number of nitrogens with zero attached hydrogens (tertiary/aromatic N) is 2. The van der Waals surface area contributed by atoms with Gasteiger partial charge in [0.2, 0.25) is 0 Å². The number of hydrogen-bond donors (Lipinski definition) is 1. The highest BCUT2D eigenvalue weighted by Crippen LogP contribution is 2.21. The molecule has 0 spiro atoms. The molecular formula is C16H16ClN3. The van der Waals surface area contributed by atoms with Gasteiger partial charge < -0.3 is 5.32 Å². The summed E-state index contributed by atoms with van der Waals surface area (Å²) in [4.78, 5) is 8.40. The van der Waals surface area contributed by atoms with Crippen LogP contribution in [0.4, 0.5) is 11.4 Å². The average molecular weight is 286 g/mol. The topological polar surface area (TPSA) is 36.8 Å². The summed E-state index contributed by atoms with van der Waals surface area (Å²) < 4.78 is 0. The lowest BCUT2D eigenvalue weighted by Gasteiger charge is -2.05. The Morgan fingerprint density at radius 2 is 2.05 bits per heavy atom. The van der Waals surface area contributed by atoms with Gasteiger partial charge in [-0.25, -0.2) is 0 Å². The molecule has 3 nitrogen and oxygen atoms in total. The first-order valence-electron chi connectivity index (χ1n) is 6.26. The van der Waals surface area contributed by atoms with E-state index in [4.69, 9.17) is 11.6 Å². The van der Waals surface area contributed by atoms with Crippen LogP contribution in [0.3, 0.4) is 0 Å². The first-order valence-corrected chi connectivity index (χ1v) is 6.64. The lowest BCUT2D eigenvalue weighted by atomic mass is 10.2. The Morgan fingerprint density at radius 1 is 1.25 bits per heavy atom. The normalized spacial score (nSPS) is 10.7. The number of halogens is 1. The number of hydrogen-bond acceptors (Lipinski definition) is 3. The van der Waals surface area contributed by atoms with Gasteiger partial charge in [0.25, 0.3) is 0 Å². The molecule has 0 aliphatic rings. The molecule has 2 aromatic rings. The summed E-state index contributed by atoms with van der Waals surface area (Å²) in [5, 5.41) is 3.81. The van der Waals surface area contributed by atoms with Gasteiger partial charge in [0, 0.05) is 29.5 Å². The molecule has 0 saturated carbocycles. The fourth-order valence-corrected chi connectivity index (χ4v) is 2.01. The van der Waals surface area contributed by atoms with Gasteiger partial charge in [0.1, 0.15) is 0 Å². The van der Waals surface area contributed by atoms with Crippen molar-refractivity contribution in [2.45, 2.75) is 6.54 Å². The van der Waals surface area contributed by atoms with Gasteiger partial charge in [0.15, 0.2) is 0 Å². The molecule has 0 heterocycles. The van der Waals surface area contributed by atoms with E-state index in [1.807, 2.05) is 49.5 Å². The lowest BCUT2D eigenvalue weighted by molar-refractivity contribution is 1.08. The molecule has 1 N–H and O–H groups in total. The van der Waals surface area contributed by atoms with Crippen LogP contribution in [0.15, 0.2) is 52.4 Å². The largest absolute Gasteiger partial charge is 0.388 e. The zero-order valence-electron chi connectivity index (χ0n) is 11.3. The number of aliphatic imine (C=N–C) groups is 2. The quantitative estimate of drug-likeness (QED) is 0.816. The molecule has 2 aromatic carbocycles. The van der Waals surface area contributed by atoms with E-state index in [0.29, 0.717) is 6.54 Å². The highest BCUT2D eigenvalue weighted by atomic mass is 35.5. The molecule has 0 saturated heterocycles. The molecule has 0 fully saturated rings. The predicted octanol–water partition coefficient (Wildman–Crippen LogP) is 4.33. The maximum atomic E-state index is 6.16. The molecule has 0 bridgehead atoms. The third kappa shape index (κ3) is 3.45.